The zero-order valence-electron chi connectivity index (χ0n) is 13.9. The van der Waals surface area contributed by atoms with Gasteiger partial charge in [0.25, 0.3) is 0 Å². The molecular weight excluding hydrogens is 258 g/mol. The van der Waals surface area contributed by atoms with Crippen LogP contribution in [0.2, 0.25) is 0 Å². The summed E-state index contributed by atoms with van der Waals surface area (Å²) in [6.45, 7) is 9.84. The fourth-order valence-electron chi connectivity index (χ4n) is 3.35. The minimum absolute atomic E-state index is 0.686. The van der Waals surface area contributed by atoms with E-state index in [9.17, 15) is 0 Å². The predicted octanol–water partition coefficient (Wildman–Crippen LogP) is 3.99. The maximum absolute atomic E-state index is 4.34. The summed E-state index contributed by atoms with van der Waals surface area (Å²) in [4.78, 5) is 6.94. The van der Waals surface area contributed by atoms with Gasteiger partial charge < -0.3 is 10.2 Å². The standard InChI is InChI=1S/C18H31N3/c1-4-21(17-8-6-5-7-9-17)18-10-11-19-13-16(18)14-20-12-15(2)3/h10-11,13,15,17,20H,4-9,12,14H2,1-3H3. The van der Waals surface area contributed by atoms with Gasteiger partial charge in [-0.3, -0.25) is 4.98 Å². The van der Waals surface area contributed by atoms with Crippen LogP contribution in [0, 0.1) is 5.92 Å². The van der Waals surface area contributed by atoms with Crippen LogP contribution in [0.1, 0.15) is 58.4 Å². The molecule has 0 saturated heterocycles. The van der Waals surface area contributed by atoms with Crippen molar-refractivity contribution in [3.05, 3.63) is 24.0 Å². The number of hydrogen-bond acceptors (Lipinski definition) is 3. The van der Waals surface area contributed by atoms with Gasteiger partial charge in [-0.2, -0.15) is 0 Å². The number of rotatable bonds is 7. The Kier molecular flexibility index (Phi) is 6.50. The molecule has 1 aromatic heterocycles. The van der Waals surface area contributed by atoms with Crippen molar-refractivity contribution < 1.29 is 0 Å². The van der Waals surface area contributed by atoms with Gasteiger partial charge in [0.15, 0.2) is 0 Å². The predicted molar refractivity (Wildman–Crippen MR) is 90.7 cm³/mol. The molecule has 3 nitrogen and oxygen atoms in total. The zero-order valence-corrected chi connectivity index (χ0v) is 13.9. The normalized spacial score (nSPS) is 16.4. The maximum Gasteiger partial charge on any atom is 0.0445 e. The van der Waals surface area contributed by atoms with E-state index in [1.165, 1.54) is 43.4 Å². The van der Waals surface area contributed by atoms with Crippen LogP contribution in [0.4, 0.5) is 5.69 Å². The van der Waals surface area contributed by atoms with Crippen LogP contribution in [0.25, 0.3) is 0 Å². The van der Waals surface area contributed by atoms with Gasteiger partial charge in [0.05, 0.1) is 0 Å². The zero-order chi connectivity index (χ0) is 15.1. The highest BCUT2D eigenvalue weighted by atomic mass is 15.2. The Hall–Kier alpha value is -1.09. The van der Waals surface area contributed by atoms with Crippen LogP contribution in [-0.4, -0.2) is 24.1 Å². The molecule has 0 aromatic carbocycles. The first-order valence-electron chi connectivity index (χ1n) is 8.62. The number of anilines is 1. The van der Waals surface area contributed by atoms with E-state index >= 15 is 0 Å². The topological polar surface area (TPSA) is 28.2 Å². The van der Waals surface area contributed by atoms with E-state index in [-0.39, 0.29) is 0 Å². The third-order valence-electron chi connectivity index (χ3n) is 4.41. The molecule has 2 rings (SSSR count). The Morgan fingerprint density at radius 2 is 2.05 bits per heavy atom. The lowest BCUT2D eigenvalue weighted by Gasteiger charge is -2.36. The number of nitrogens with one attached hydrogen (secondary N) is 1. The molecule has 0 spiro atoms. The molecule has 0 aliphatic heterocycles. The molecule has 0 bridgehead atoms. The Morgan fingerprint density at radius 1 is 1.29 bits per heavy atom. The first kappa shape index (κ1) is 16.3. The van der Waals surface area contributed by atoms with Gasteiger partial charge in [-0.1, -0.05) is 33.1 Å². The van der Waals surface area contributed by atoms with Gasteiger partial charge >= 0.3 is 0 Å². The Bertz CT molecular complexity index is 411. The summed E-state index contributed by atoms with van der Waals surface area (Å²) < 4.78 is 0. The molecule has 1 aliphatic rings. The van der Waals surface area contributed by atoms with Gasteiger partial charge in [0.1, 0.15) is 0 Å². The van der Waals surface area contributed by atoms with Crippen LogP contribution >= 0.6 is 0 Å². The lowest BCUT2D eigenvalue weighted by Crippen LogP contribution is -2.37. The molecular formula is C18H31N3. The summed E-state index contributed by atoms with van der Waals surface area (Å²) in [5.41, 5.74) is 2.72. The highest BCUT2D eigenvalue weighted by Crippen LogP contribution is 2.29. The fourth-order valence-corrected chi connectivity index (χ4v) is 3.35. The quantitative estimate of drug-likeness (QED) is 0.822. The molecule has 1 N–H and O–H groups in total. The molecule has 1 aromatic rings. The third kappa shape index (κ3) is 4.70. The fraction of sp³-hybridized carbons (Fsp3) is 0.722. The van der Waals surface area contributed by atoms with Crippen LogP contribution in [0.5, 0.6) is 0 Å². The second-order valence-corrected chi connectivity index (χ2v) is 6.61. The molecule has 1 fully saturated rings. The van der Waals surface area contributed by atoms with Crippen molar-refractivity contribution in [3.8, 4) is 0 Å². The van der Waals surface area contributed by atoms with Crippen molar-refractivity contribution in [1.82, 2.24) is 10.3 Å². The van der Waals surface area contributed by atoms with Crippen molar-refractivity contribution in [1.29, 1.82) is 0 Å². The van der Waals surface area contributed by atoms with Crippen molar-refractivity contribution in [2.24, 2.45) is 5.92 Å². The molecule has 1 saturated carbocycles. The summed E-state index contributed by atoms with van der Waals surface area (Å²) in [6.07, 6.45) is 10.8. The van der Waals surface area contributed by atoms with Gasteiger partial charge in [-0.25, -0.2) is 0 Å². The van der Waals surface area contributed by atoms with Gasteiger partial charge in [-0.05, 0) is 38.3 Å². The maximum atomic E-state index is 4.34. The summed E-state index contributed by atoms with van der Waals surface area (Å²) in [5.74, 6) is 0.686. The molecule has 21 heavy (non-hydrogen) atoms. The summed E-state index contributed by atoms with van der Waals surface area (Å²) >= 11 is 0. The molecule has 0 amide bonds. The van der Waals surface area contributed by atoms with Crippen molar-refractivity contribution in [2.45, 2.75) is 65.5 Å². The average Bonchev–Trinajstić information content (AvgIpc) is 2.50. The monoisotopic (exact) mass is 289 g/mol. The number of hydrogen-bond donors (Lipinski definition) is 1. The Labute approximate surface area is 130 Å². The largest absolute Gasteiger partial charge is 0.368 e. The van der Waals surface area contributed by atoms with Crippen LogP contribution < -0.4 is 10.2 Å². The van der Waals surface area contributed by atoms with E-state index < -0.39 is 0 Å². The molecule has 1 aliphatic carbocycles. The lowest BCUT2D eigenvalue weighted by atomic mass is 9.93. The average molecular weight is 289 g/mol. The van der Waals surface area contributed by atoms with E-state index in [2.05, 4.69) is 42.0 Å². The highest BCUT2D eigenvalue weighted by molar-refractivity contribution is 5.53. The highest BCUT2D eigenvalue weighted by Gasteiger charge is 2.21. The number of pyridine rings is 1. The molecule has 0 atom stereocenters. The van der Waals surface area contributed by atoms with E-state index in [0.717, 1.165) is 25.7 Å². The first-order chi connectivity index (χ1) is 10.2. The summed E-state index contributed by atoms with van der Waals surface area (Å²) in [5, 5.41) is 3.56. The van der Waals surface area contributed by atoms with Crippen LogP contribution in [0.15, 0.2) is 18.5 Å². The number of nitrogens with zero attached hydrogens (tertiary/aromatic N) is 2. The summed E-state index contributed by atoms with van der Waals surface area (Å²) in [7, 11) is 0. The minimum Gasteiger partial charge on any atom is -0.368 e. The smallest absolute Gasteiger partial charge is 0.0445 e. The third-order valence-corrected chi connectivity index (χ3v) is 4.41. The van der Waals surface area contributed by atoms with Crippen molar-refractivity contribution >= 4 is 5.69 Å². The lowest BCUT2D eigenvalue weighted by molar-refractivity contribution is 0.417. The SMILES string of the molecule is CCN(c1ccncc1CNCC(C)C)C1CCCCC1. The second kappa shape index (κ2) is 8.38. The Balaban J connectivity index is 2.08. The van der Waals surface area contributed by atoms with Gasteiger partial charge in [0.2, 0.25) is 0 Å². The van der Waals surface area contributed by atoms with Crippen molar-refractivity contribution in [2.75, 3.05) is 18.0 Å². The molecule has 118 valence electrons. The van der Waals surface area contributed by atoms with Crippen molar-refractivity contribution in [3.63, 3.8) is 0 Å². The van der Waals surface area contributed by atoms with Gasteiger partial charge in [0, 0.05) is 42.8 Å². The van der Waals surface area contributed by atoms with Crippen LogP contribution in [-0.2, 0) is 6.54 Å². The summed E-state index contributed by atoms with van der Waals surface area (Å²) in [6, 6.07) is 2.92. The Morgan fingerprint density at radius 3 is 2.71 bits per heavy atom. The number of aromatic nitrogens is 1. The van der Waals surface area contributed by atoms with E-state index in [1.54, 1.807) is 0 Å². The minimum atomic E-state index is 0.686. The molecule has 3 heteroatoms. The van der Waals surface area contributed by atoms with E-state index in [4.69, 9.17) is 0 Å². The van der Waals surface area contributed by atoms with Crippen LogP contribution in [0.3, 0.4) is 0 Å². The molecule has 0 unspecified atom stereocenters. The van der Waals surface area contributed by atoms with Gasteiger partial charge in [-0.15, -0.1) is 0 Å². The first-order valence-corrected chi connectivity index (χ1v) is 8.62. The second-order valence-electron chi connectivity index (χ2n) is 6.61. The molecule has 1 heterocycles. The molecule has 0 radical (unpaired) electrons. The van der Waals surface area contributed by atoms with E-state index in [0.29, 0.717) is 5.92 Å². The van der Waals surface area contributed by atoms with E-state index in [1.807, 2.05) is 12.4 Å².